The van der Waals surface area contributed by atoms with Crippen LogP contribution in [0.2, 0.25) is 0 Å². The third-order valence-corrected chi connectivity index (χ3v) is 5.15. The van der Waals surface area contributed by atoms with E-state index in [-0.39, 0.29) is 0 Å². The zero-order chi connectivity index (χ0) is 20.5. The molecule has 0 spiro atoms. The molecule has 4 rings (SSSR count). The molecule has 3 aromatic rings. The van der Waals surface area contributed by atoms with Crippen LogP contribution in [0.3, 0.4) is 0 Å². The summed E-state index contributed by atoms with van der Waals surface area (Å²) in [6.45, 7) is 5.10. The van der Waals surface area contributed by atoms with Crippen LogP contribution in [0.15, 0.2) is 60.9 Å². The fourth-order valence-corrected chi connectivity index (χ4v) is 3.58. The maximum atomic E-state index is 12.6. The van der Waals surface area contributed by atoms with E-state index in [4.69, 9.17) is 0 Å². The fraction of sp³-hybridized carbons (Fsp3) is 0.261. The maximum Gasteiger partial charge on any atom is 0.300 e. The van der Waals surface area contributed by atoms with Gasteiger partial charge in [-0.1, -0.05) is 38.1 Å². The van der Waals surface area contributed by atoms with Crippen LogP contribution in [0.5, 0.6) is 0 Å². The number of carbonyl (C=O) groups excluding carboxylic acids is 2. The SMILES string of the molecule is CC(C)c1ccc2c(c1)C(=O)C(=O)N2CN(C)Cc1cnn(-c2ccccc2)c1. The zero-order valence-electron chi connectivity index (χ0n) is 16.9. The van der Waals surface area contributed by atoms with E-state index in [9.17, 15) is 9.59 Å². The van der Waals surface area contributed by atoms with Crippen LogP contribution < -0.4 is 4.90 Å². The highest BCUT2D eigenvalue weighted by Crippen LogP contribution is 2.31. The predicted molar refractivity (Wildman–Crippen MR) is 112 cm³/mol. The summed E-state index contributed by atoms with van der Waals surface area (Å²) in [5.41, 5.74) is 4.29. The number of aromatic nitrogens is 2. The first-order valence-electron chi connectivity index (χ1n) is 9.71. The Hall–Kier alpha value is -3.25. The maximum absolute atomic E-state index is 12.6. The third-order valence-electron chi connectivity index (χ3n) is 5.15. The predicted octanol–water partition coefficient (Wildman–Crippen LogP) is 3.61. The highest BCUT2D eigenvalue weighted by atomic mass is 16.2. The van der Waals surface area contributed by atoms with Gasteiger partial charge in [0, 0.05) is 18.3 Å². The molecule has 0 atom stereocenters. The number of rotatable bonds is 6. The monoisotopic (exact) mass is 388 g/mol. The lowest BCUT2D eigenvalue weighted by Crippen LogP contribution is -2.38. The van der Waals surface area contributed by atoms with Crippen molar-refractivity contribution >= 4 is 17.4 Å². The minimum atomic E-state index is -0.465. The number of hydrogen-bond acceptors (Lipinski definition) is 4. The van der Waals surface area contributed by atoms with Gasteiger partial charge >= 0.3 is 5.91 Å². The van der Waals surface area contributed by atoms with Gasteiger partial charge in [-0.2, -0.15) is 5.10 Å². The molecule has 2 heterocycles. The Labute approximate surface area is 170 Å². The minimum absolute atomic E-state index is 0.307. The van der Waals surface area contributed by atoms with Gasteiger partial charge in [0.05, 0.1) is 29.8 Å². The van der Waals surface area contributed by atoms with Crippen molar-refractivity contribution in [3.05, 3.63) is 77.6 Å². The second-order valence-corrected chi connectivity index (χ2v) is 7.78. The molecular formula is C23H24N4O2. The quantitative estimate of drug-likeness (QED) is 0.605. The van der Waals surface area contributed by atoms with Crippen molar-refractivity contribution in [1.29, 1.82) is 0 Å². The third kappa shape index (κ3) is 3.71. The number of hydrogen-bond donors (Lipinski definition) is 0. The number of carbonyl (C=O) groups is 2. The normalized spacial score (nSPS) is 13.6. The van der Waals surface area contributed by atoms with Gasteiger partial charge in [-0.05, 0) is 42.8 Å². The first-order valence-corrected chi connectivity index (χ1v) is 9.71. The molecule has 29 heavy (non-hydrogen) atoms. The van der Waals surface area contributed by atoms with E-state index < -0.39 is 11.7 Å². The van der Waals surface area contributed by atoms with E-state index in [0.29, 0.717) is 30.4 Å². The molecule has 2 aromatic carbocycles. The molecule has 0 unspecified atom stereocenters. The van der Waals surface area contributed by atoms with Crippen molar-refractivity contribution in [3.63, 3.8) is 0 Å². The summed E-state index contributed by atoms with van der Waals surface area (Å²) in [5.74, 6) is -0.582. The number of anilines is 1. The van der Waals surface area contributed by atoms with Gasteiger partial charge in [0.2, 0.25) is 0 Å². The Bertz CT molecular complexity index is 1060. The van der Waals surface area contributed by atoms with Gasteiger partial charge in [-0.3, -0.25) is 19.4 Å². The van der Waals surface area contributed by atoms with Crippen molar-refractivity contribution < 1.29 is 9.59 Å². The molecule has 0 saturated heterocycles. The first kappa shape index (κ1) is 19.1. The molecule has 1 amide bonds. The van der Waals surface area contributed by atoms with Gasteiger partial charge in [0.25, 0.3) is 5.78 Å². The average Bonchev–Trinajstić information content (AvgIpc) is 3.27. The summed E-state index contributed by atoms with van der Waals surface area (Å²) in [7, 11) is 1.93. The Kier molecular flexibility index (Phi) is 5.03. The topological polar surface area (TPSA) is 58.4 Å². The number of benzene rings is 2. The number of ketones is 1. The standard InChI is InChI=1S/C23H24N4O2/c1-16(2)18-9-10-21-20(11-18)22(28)23(29)26(21)15-25(3)13-17-12-24-27(14-17)19-7-5-4-6-8-19/h4-12,14,16H,13,15H2,1-3H3. The lowest BCUT2D eigenvalue weighted by molar-refractivity contribution is -0.114. The molecule has 0 N–H and O–H groups in total. The van der Waals surface area contributed by atoms with E-state index in [0.717, 1.165) is 16.8 Å². The van der Waals surface area contributed by atoms with Crippen LogP contribution in [0.1, 0.15) is 41.3 Å². The molecular weight excluding hydrogens is 364 g/mol. The summed E-state index contributed by atoms with van der Waals surface area (Å²) in [6.07, 6.45) is 3.80. The number of Topliss-reactive ketones (excluding diaryl/α,β-unsaturated/α-hetero) is 1. The number of fused-ring (bicyclic) bond motifs is 1. The molecule has 1 aromatic heterocycles. The summed E-state index contributed by atoms with van der Waals surface area (Å²) < 4.78 is 1.83. The van der Waals surface area contributed by atoms with Crippen LogP contribution in [-0.4, -0.2) is 40.1 Å². The van der Waals surface area contributed by atoms with Crippen LogP contribution in [0.4, 0.5) is 5.69 Å². The molecule has 0 aliphatic carbocycles. The number of amides is 1. The largest absolute Gasteiger partial charge is 0.300 e. The summed E-state index contributed by atoms with van der Waals surface area (Å²) in [6, 6.07) is 15.6. The van der Waals surface area contributed by atoms with Crippen molar-refractivity contribution in [2.45, 2.75) is 26.3 Å². The van der Waals surface area contributed by atoms with Crippen LogP contribution >= 0.6 is 0 Å². The molecule has 0 bridgehead atoms. The van der Waals surface area contributed by atoms with Crippen molar-refractivity contribution in [2.75, 3.05) is 18.6 Å². The lowest BCUT2D eigenvalue weighted by atomic mass is 9.99. The summed E-state index contributed by atoms with van der Waals surface area (Å²) in [4.78, 5) is 28.6. The molecule has 0 fully saturated rings. The van der Waals surface area contributed by atoms with E-state index in [1.807, 2.05) is 77.6 Å². The fourth-order valence-electron chi connectivity index (χ4n) is 3.58. The van der Waals surface area contributed by atoms with Gasteiger partial charge in [0.1, 0.15) is 0 Å². The van der Waals surface area contributed by atoms with Crippen molar-refractivity contribution in [2.24, 2.45) is 0 Å². The summed E-state index contributed by atoms with van der Waals surface area (Å²) in [5, 5.41) is 4.42. The Balaban J connectivity index is 1.48. The Morgan fingerprint density at radius 2 is 1.83 bits per heavy atom. The van der Waals surface area contributed by atoms with Crippen LogP contribution in [0, 0.1) is 0 Å². The van der Waals surface area contributed by atoms with Gasteiger partial charge in [-0.25, -0.2) is 4.68 Å². The smallest absolute Gasteiger partial charge is 0.291 e. The van der Waals surface area contributed by atoms with E-state index in [1.165, 1.54) is 0 Å². The summed E-state index contributed by atoms with van der Waals surface area (Å²) >= 11 is 0. The molecule has 0 saturated carbocycles. The molecule has 6 nitrogen and oxygen atoms in total. The van der Waals surface area contributed by atoms with Crippen LogP contribution in [0.25, 0.3) is 5.69 Å². The van der Waals surface area contributed by atoms with Crippen LogP contribution in [-0.2, 0) is 11.3 Å². The van der Waals surface area contributed by atoms with Crippen molar-refractivity contribution in [3.8, 4) is 5.69 Å². The minimum Gasteiger partial charge on any atom is -0.291 e. The second kappa shape index (κ2) is 7.64. The molecule has 6 heteroatoms. The molecule has 1 aliphatic rings. The lowest BCUT2D eigenvalue weighted by Gasteiger charge is -2.24. The van der Waals surface area contributed by atoms with E-state index in [2.05, 4.69) is 18.9 Å². The highest BCUT2D eigenvalue weighted by Gasteiger charge is 2.36. The Morgan fingerprint density at radius 3 is 2.55 bits per heavy atom. The second-order valence-electron chi connectivity index (χ2n) is 7.78. The Morgan fingerprint density at radius 1 is 1.07 bits per heavy atom. The van der Waals surface area contributed by atoms with E-state index in [1.54, 1.807) is 4.90 Å². The number of nitrogens with zero attached hydrogens (tertiary/aromatic N) is 4. The molecule has 1 aliphatic heterocycles. The molecule has 148 valence electrons. The molecule has 0 radical (unpaired) electrons. The number of para-hydroxylation sites is 1. The van der Waals surface area contributed by atoms with Crippen molar-refractivity contribution in [1.82, 2.24) is 14.7 Å². The van der Waals surface area contributed by atoms with Gasteiger partial charge < -0.3 is 0 Å². The highest BCUT2D eigenvalue weighted by molar-refractivity contribution is 6.52. The average molecular weight is 388 g/mol. The van der Waals surface area contributed by atoms with Gasteiger partial charge in [-0.15, -0.1) is 0 Å². The zero-order valence-corrected chi connectivity index (χ0v) is 16.9. The van der Waals surface area contributed by atoms with E-state index >= 15 is 0 Å². The van der Waals surface area contributed by atoms with Gasteiger partial charge in [0.15, 0.2) is 0 Å². The first-order chi connectivity index (χ1) is 13.9.